The number of aliphatic hydroxyl groups excluding tert-OH is 8. The second-order valence-electron chi connectivity index (χ2n) is 4.62. The molecule has 0 aromatic carbocycles. The standard InChI is InChI=1S/2C6H8O6.Ni/c2*7-1-2(8)5-3(9)4(10)6(11)12-5;/h2*2,5,7-10H,1H2;/t2*2-,5+;/m00./s1. The zero-order valence-corrected chi connectivity index (χ0v) is 13.2. The topological polar surface area (TPSA) is 214 Å². The first-order chi connectivity index (χ1) is 11.1. The molecule has 2 heterocycles. The van der Waals surface area contributed by atoms with Crippen LogP contribution in [0.5, 0.6) is 0 Å². The van der Waals surface area contributed by atoms with Crippen LogP contribution in [0.1, 0.15) is 0 Å². The Hall–Kier alpha value is -2.05. The maximum Gasteiger partial charge on any atom is 0.377 e. The maximum absolute atomic E-state index is 10.5. The molecule has 4 atom stereocenters. The van der Waals surface area contributed by atoms with Crippen LogP contribution in [0.15, 0.2) is 23.0 Å². The van der Waals surface area contributed by atoms with Crippen molar-refractivity contribution in [1.29, 1.82) is 0 Å². The number of ether oxygens (including phenoxy) is 2. The maximum atomic E-state index is 10.5. The molecule has 2 aliphatic rings. The number of carbonyl (C=O) groups excluding carboxylic acids is 2. The largest absolute Gasteiger partial charge is 0.505 e. The van der Waals surface area contributed by atoms with Crippen molar-refractivity contribution in [2.24, 2.45) is 0 Å². The summed E-state index contributed by atoms with van der Waals surface area (Å²) in [6.07, 6.45) is -5.55. The minimum atomic E-state index is -1.42. The summed E-state index contributed by atoms with van der Waals surface area (Å²) in [6.45, 7) is -1.34. The summed E-state index contributed by atoms with van der Waals surface area (Å²) in [5.74, 6) is -5.56. The first-order valence-corrected chi connectivity index (χ1v) is 6.39. The third-order valence-corrected chi connectivity index (χ3v) is 2.95. The molecule has 0 radical (unpaired) electrons. The molecule has 0 aromatic heterocycles. The van der Waals surface area contributed by atoms with E-state index >= 15 is 0 Å². The Bertz CT molecular complexity index is 520. The van der Waals surface area contributed by atoms with Crippen LogP contribution in [0, 0.1) is 0 Å². The van der Waals surface area contributed by atoms with Gasteiger partial charge in [-0.15, -0.1) is 0 Å². The Kier molecular flexibility index (Phi) is 8.67. The van der Waals surface area contributed by atoms with Crippen LogP contribution in [-0.4, -0.2) is 90.4 Å². The van der Waals surface area contributed by atoms with E-state index in [1.807, 2.05) is 0 Å². The molecule has 0 spiro atoms. The van der Waals surface area contributed by atoms with Crippen molar-refractivity contribution < 1.29 is 76.4 Å². The molecule has 0 aromatic rings. The van der Waals surface area contributed by atoms with Gasteiger partial charge >= 0.3 is 11.9 Å². The van der Waals surface area contributed by atoms with E-state index in [9.17, 15) is 9.59 Å². The Morgan fingerprint density at radius 1 is 0.760 bits per heavy atom. The molecule has 13 heteroatoms. The second-order valence-corrected chi connectivity index (χ2v) is 4.62. The van der Waals surface area contributed by atoms with E-state index in [2.05, 4.69) is 9.47 Å². The second kappa shape index (κ2) is 9.44. The van der Waals surface area contributed by atoms with Crippen molar-refractivity contribution >= 4 is 11.9 Å². The summed E-state index contributed by atoms with van der Waals surface area (Å²) < 4.78 is 8.63. The van der Waals surface area contributed by atoms with Crippen molar-refractivity contribution in [3.05, 3.63) is 23.0 Å². The van der Waals surface area contributed by atoms with Gasteiger partial charge in [0.2, 0.25) is 11.5 Å². The third kappa shape index (κ3) is 4.97. The van der Waals surface area contributed by atoms with Crippen molar-refractivity contribution in [2.75, 3.05) is 13.2 Å². The normalized spacial score (nSPS) is 24.8. The number of hydrogen-bond donors (Lipinski definition) is 8. The van der Waals surface area contributed by atoms with Crippen LogP contribution in [0.2, 0.25) is 0 Å². The zero-order valence-electron chi connectivity index (χ0n) is 12.3. The van der Waals surface area contributed by atoms with Gasteiger partial charge in [-0.1, -0.05) is 0 Å². The van der Waals surface area contributed by atoms with E-state index in [0.29, 0.717) is 0 Å². The van der Waals surface area contributed by atoms with Crippen molar-refractivity contribution in [2.45, 2.75) is 24.4 Å². The van der Waals surface area contributed by atoms with Gasteiger partial charge in [-0.25, -0.2) is 9.59 Å². The van der Waals surface area contributed by atoms with Crippen LogP contribution in [0.3, 0.4) is 0 Å². The average Bonchev–Trinajstić information content (AvgIpc) is 2.98. The van der Waals surface area contributed by atoms with Crippen LogP contribution in [-0.2, 0) is 35.6 Å². The van der Waals surface area contributed by atoms with Gasteiger partial charge in [0, 0.05) is 16.5 Å². The van der Waals surface area contributed by atoms with Gasteiger partial charge in [-0.3, -0.25) is 0 Å². The van der Waals surface area contributed by atoms with Gasteiger partial charge in [0.05, 0.1) is 13.2 Å². The Morgan fingerprint density at radius 2 is 1.04 bits per heavy atom. The first kappa shape index (κ1) is 23.0. The summed E-state index contributed by atoms with van der Waals surface area (Å²) >= 11 is 0. The van der Waals surface area contributed by atoms with Crippen molar-refractivity contribution in [3.63, 3.8) is 0 Å². The molecule has 2 aliphatic heterocycles. The Morgan fingerprint density at radius 3 is 1.20 bits per heavy atom. The summed E-state index contributed by atoms with van der Waals surface area (Å²) in [5, 5.41) is 70.1. The number of aliphatic hydroxyl groups is 8. The van der Waals surface area contributed by atoms with E-state index in [0.717, 1.165) is 0 Å². The molecule has 8 N–H and O–H groups in total. The molecule has 146 valence electrons. The van der Waals surface area contributed by atoms with Crippen LogP contribution in [0.25, 0.3) is 0 Å². The molecule has 0 aliphatic carbocycles. The minimum Gasteiger partial charge on any atom is -0.505 e. The van der Waals surface area contributed by atoms with E-state index in [4.69, 9.17) is 40.9 Å². The molecule has 2 rings (SSSR count). The van der Waals surface area contributed by atoms with Gasteiger partial charge in [-0.2, -0.15) is 0 Å². The molecule has 0 saturated carbocycles. The molecular formula is C12H16NiO12. The Balaban J connectivity index is 0.000000443. The van der Waals surface area contributed by atoms with Crippen LogP contribution in [0.4, 0.5) is 0 Å². The molecule has 0 saturated heterocycles. The van der Waals surface area contributed by atoms with Crippen molar-refractivity contribution in [1.82, 2.24) is 0 Å². The monoisotopic (exact) mass is 410 g/mol. The number of cyclic esters (lactones) is 2. The Labute approximate surface area is 149 Å². The average molecular weight is 411 g/mol. The number of rotatable bonds is 4. The van der Waals surface area contributed by atoms with E-state index in [1.54, 1.807) is 0 Å². The van der Waals surface area contributed by atoms with Gasteiger partial charge in [0.1, 0.15) is 12.2 Å². The van der Waals surface area contributed by atoms with Gasteiger partial charge in [0.15, 0.2) is 23.7 Å². The molecule has 0 unspecified atom stereocenters. The van der Waals surface area contributed by atoms with Gasteiger partial charge in [0.25, 0.3) is 0 Å². The summed E-state index contributed by atoms with van der Waals surface area (Å²) in [5.41, 5.74) is 0. The smallest absolute Gasteiger partial charge is 0.377 e. The SMILES string of the molecule is O=C1O[C@H]([C@@H](O)CO)C(O)=C1O.O=C1O[C@H]([C@@H](O)CO)C(O)=C1O.[Ni]. The van der Waals surface area contributed by atoms with E-state index in [-0.39, 0.29) is 16.5 Å². The van der Waals surface area contributed by atoms with Crippen LogP contribution >= 0.6 is 0 Å². The molecular weight excluding hydrogens is 395 g/mol. The first-order valence-electron chi connectivity index (χ1n) is 6.39. The zero-order chi connectivity index (χ0) is 18.6. The number of hydrogen-bond acceptors (Lipinski definition) is 12. The molecule has 12 nitrogen and oxygen atoms in total. The summed E-state index contributed by atoms with van der Waals surface area (Å²) in [7, 11) is 0. The summed E-state index contributed by atoms with van der Waals surface area (Å²) in [4.78, 5) is 21.1. The molecule has 25 heavy (non-hydrogen) atoms. The fourth-order valence-electron chi connectivity index (χ4n) is 1.65. The molecule has 0 bridgehead atoms. The molecule has 0 fully saturated rings. The fourth-order valence-corrected chi connectivity index (χ4v) is 1.65. The quantitative estimate of drug-likeness (QED) is 0.174. The van der Waals surface area contributed by atoms with Crippen molar-refractivity contribution in [3.8, 4) is 0 Å². The van der Waals surface area contributed by atoms with E-state index in [1.165, 1.54) is 0 Å². The summed E-state index contributed by atoms with van der Waals surface area (Å²) in [6, 6.07) is 0. The van der Waals surface area contributed by atoms with Crippen LogP contribution < -0.4 is 0 Å². The minimum absolute atomic E-state index is 0. The number of esters is 2. The predicted molar refractivity (Wildman–Crippen MR) is 70.5 cm³/mol. The number of carbonyl (C=O) groups is 2. The predicted octanol–water partition coefficient (Wildman–Crippen LogP) is -2.82. The third-order valence-electron chi connectivity index (χ3n) is 2.95. The molecule has 0 amide bonds. The fraction of sp³-hybridized carbons (Fsp3) is 0.500. The van der Waals surface area contributed by atoms with Gasteiger partial charge < -0.3 is 50.3 Å². The van der Waals surface area contributed by atoms with E-state index < -0.39 is 72.6 Å². The van der Waals surface area contributed by atoms with Gasteiger partial charge in [-0.05, 0) is 0 Å².